The molecule has 2 aromatic carbocycles. The summed E-state index contributed by atoms with van der Waals surface area (Å²) in [4.78, 5) is 0. The zero-order valence-corrected chi connectivity index (χ0v) is 12.9. The Balaban J connectivity index is 2.33. The molecular formula is C20H23N. The number of hydrogen-bond donors (Lipinski definition) is 1. The van der Waals surface area contributed by atoms with Crippen molar-refractivity contribution in [2.45, 2.75) is 39.5 Å². The normalized spacial score (nSPS) is 10.0. The van der Waals surface area contributed by atoms with E-state index in [1.807, 2.05) is 24.3 Å². The molecule has 0 aliphatic heterocycles. The zero-order chi connectivity index (χ0) is 15.1. The van der Waals surface area contributed by atoms with Gasteiger partial charge in [0.05, 0.1) is 0 Å². The molecule has 0 heterocycles. The van der Waals surface area contributed by atoms with Crippen LogP contribution in [-0.2, 0) is 12.8 Å². The number of rotatable bonds is 4. The molecule has 108 valence electrons. The monoisotopic (exact) mass is 277 g/mol. The third-order valence-electron chi connectivity index (χ3n) is 3.52. The molecule has 2 N–H and O–H groups in total. The highest BCUT2D eigenvalue weighted by Crippen LogP contribution is 2.16. The molecule has 1 heteroatoms. The maximum atomic E-state index is 5.94. The Morgan fingerprint density at radius 1 is 0.857 bits per heavy atom. The number of hydrogen-bond acceptors (Lipinski definition) is 1. The highest BCUT2D eigenvalue weighted by Gasteiger charge is 2.02. The first-order valence-electron chi connectivity index (χ1n) is 7.73. The maximum Gasteiger partial charge on any atom is 0.0478 e. The number of anilines is 1. The number of benzene rings is 2. The van der Waals surface area contributed by atoms with Gasteiger partial charge in [-0.25, -0.2) is 0 Å². The van der Waals surface area contributed by atoms with Crippen molar-refractivity contribution in [3.63, 3.8) is 0 Å². The average Bonchev–Trinajstić information content (AvgIpc) is 2.49. The molecule has 0 saturated heterocycles. The predicted octanol–water partition coefficient (Wildman–Crippen LogP) is 4.57. The lowest BCUT2D eigenvalue weighted by Crippen LogP contribution is -1.94. The van der Waals surface area contributed by atoms with Crippen LogP contribution >= 0.6 is 0 Å². The van der Waals surface area contributed by atoms with E-state index in [0.717, 1.165) is 36.1 Å². The molecule has 0 atom stereocenters. The molecule has 0 unspecified atom stereocenters. The Morgan fingerprint density at radius 3 is 2.29 bits per heavy atom. The highest BCUT2D eigenvalue weighted by molar-refractivity contribution is 5.58. The Labute approximate surface area is 128 Å². The van der Waals surface area contributed by atoms with Crippen molar-refractivity contribution in [1.29, 1.82) is 0 Å². The van der Waals surface area contributed by atoms with E-state index in [0.29, 0.717) is 0 Å². The molecule has 2 rings (SSSR count). The quantitative estimate of drug-likeness (QED) is 0.643. The van der Waals surface area contributed by atoms with Gasteiger partial charge in [-0.1, -0.05) is 62.8 Å². The van der Waals surface area contributed by atoms with E-state index in [-0.39, 0.29) is 0 Å². The molecule has 0 spiro atoms. The summed E-state index contributed by atoms with van der Waals surface area (Å²) in [6, 6.07) is 14.4. The maximum absolute atomic E-state index is 5.94. The standard InChI is InChI=1S/C20H23N/c1-3-7-16-11-12-17(19(15-16)8-4-2)13-14-18-9-5-6-10-20(18)21/h5-6,9-12,15H,3-4,7-8,21H2,1-2H3. The number of nitrogens with two attached hydrogens (primary N) is 1. The van der Waals surface area contributed by atoms with Crippen LogP contribution in [0.3, 0.4) is 0 Å². The summed E-state index contributed by atoms with van der Waals surface area (Å²) in [5.41, 5.74) is 11.5. The van der Waals surface area contributed by atoms with Crippen LogP contribution in [0.4, 0.5) is 5.69 Å². The zero-order valence-electron chi connectivity index (χ0n) is 12.9. The summed E-state index contributed by atoms with van der Waals surface area (Å²) >= 11 is 0. The van der Waals surface area contributed by atoms with E-state index in [1.165, 1.54) is 17.5 Å². The van der Waals surface area contributed by atoms with Crippen LogP contribution < -0.4 is 5.73 Å². The minimum absolute atomic E-state index is 0.740. The Bertz CT molecular complexity index is 659. The molecule has 0 aliphatic rings. The Hall–Kier alpha value is -2.20. The van der Waals surface area contributed by atoms with Gasteiger partial charge in [0.25, 0.3) is 0 Å². The van der Waals surface area contributed by atoms with Gasteiger partial charge in [-0.3, -0.25) is 0 Å². The minimum Gasteiger partial charge on any atom is -0.398 e. The summed E-state index contributed by atoms with van der Waals surface area (Å²) in [5, 5.41) is 0. The van der Waals surface area contributed by atoms with Gasteiger partial charge in [-0.15, -0.1) is 0 Å². The lowest BCUT2D eigenvalue weighted by Gasteiger charge is -2.06. The average molecular weight is 277 g/mol. The molecular weight excluding hydrogens is 254 g/mol. The first kappa shape index (κ1) is 15.2. The van der Waals surface area contributed by atoms with E-state index in [1.54, 1.807) is 0 Å². The largest absolute Gasteiger partial charge is 0.398 e. The van der Waals surface area contributed by atoms with Gasteiger partial charge in [0, 0.05) is 16.8 Å². The van der Waals surface area contributed by atoms with Crippen LogP contribution in [0.2, 0.25) is 0 Å². The molecule has 21 heavy (non-hydrogen) atoms. The van der Waals surface area contributed by atoms with E-state index in [4.69, 9.17) is 5.73 Å². The smallest absolute Gasteiger partial charge is 0.0478 e. The van der Waals surface area contributed by atoms with E-state index >= 15 is 0 Å². The molecule has 0 aromatic heterocycles. The SMILES string of the molecule is CCCc1ccc(C#Cc2ccccc2N)c(CCC)c1. The van der Waals surface area contributed by atoms with Gasteiger partial charge in [0.2, 0.25) is 0 Å². The van der Waals surface area contributed by atoms with Gasteiger partial charge in [0.1, 0.15) is 0 Å². The first-order valence-corrected chi connectivity index (χ1v) is 7.73. The van der Waals surface area contributed by atoms with Crippen LogP contribution in [0.15, 0.2) is 42.5 Å². The first-order chi connectivity index (χ1) is 10.2. The Kier molecular flexibility index (Phi) is 5.46. The summed E-state index contributed by atoms with van der Waals surface area (Å²) in [7, 11) is 0. The molecule has 1 nitrogen and oxygen atoms in total. The van der Waals surface area contributed by atoms with Gasteiger partial charge in [-0.2, -0.15) is 0 Å². The summed E-state index contributed by atoms with van der Waals surface area (Å²) in [6.07, 6.45) is 4.52. The van der Waals surface area contributed by atoms with Crippen LogP contribution in [0.5, 0.6) is 0 Å². The van der Waals surface area contributed by atoms with Crippen molar-refractivity contribution in [3.8, 4) is 11.8 Å². The van der Waals surface area contributed by atoms with Crippen LogP contribution in [-0.4, -0.2) is 0 Å². The second kappa shape index (κ2) is 7.55. The van der Waals surface area contributed by atoms with Crippen molar-refractivity contribution in [3.05, 3.63) is 64.7 Å². The second-order valence-corrected chi connectivity index (χ2v) is 5.33. The van der Waals surface area contributed by atoms with Crippen LogP contribution in [0, 0.1) is 11.8 Å². The number of aryl methyl sites for hydroxylation is 2. The van der Waals surface area contributed by atoms with E-state index in [9.17, 15) is 0 Å². The third kappa shape index (κ3) is 4.13. The van der Waals surface area contributed by atoms with Gasteiger partial charge in [-0.05, 0) is 42.2 Å². The lowest BCUT2D eigenvalue weighted by atomic mass is 9.98. The molecule has 0 amide bonds. The van der Waals surface area contributed by atoms with E-state index < -0.39 is 0 Å². The summed E-state index contributed by atoms with van der Waals surface area (Å²) in [5.74, 6) is 6.50. The van der Waals surface area contributed by atoms with Crippen molar-refractivity contribution in [2.24, 2.45) is 0 Å². The molecule has 2 aromatic rings. The van der Waals surface area contributed by atoms with Gasteiger partial charge >= 0.3 is 0 Å². The molecule has 0 aliphatic carbocycles. The Morgan fingerprint density at radius 2 is 1.57 bits per heavy atom. The fraction of sp³-hybridized carbons (Fsp3) is 0.300. The van der Waals surface area contributed by atoms with Gasteiger partial charge in [0.15, 0.2) is 0 Å². The number of para-hydroxylation sites is 1. The molecule has 0 saturated carbocycles. The predicted molar refractivity (Wildman–Crippen MR) is 91.3 cm³/mol. The lowest BCUT2D eigenvalue weighted by molar-refractivity contribution is 0.893. The van der Waals surface area contributed by atoms with E-state index in [2.05, 4.69) is 43.9 Å². The topological polar surface area (TPSA) is 26.0 Å². The van der Waals surface area contributed by atoms with Gasteiger partial charge < -0.3 is 5.73 Å². The van der Waals surface area contributed by atoms with Crippen molar-refractivity contribution in [2.75, 3.05) is 5.73 Å². The summed E-state index contributed by atoms with van der Waals surface area (Å²) < 4.78 is 0. The summed E-state index contributed by atoms with van der Waals surface area (Å²) in [6.45, 7) is 4.42. The van der Waals surface area contributed by atoms with Crippen molar-refractivity contribution < 1.29 is 0 Å². The fourth-order valence-electron chi connectivity index (χ4n) is 2.43. The molecule has 0 radical (unpaired) electrons. The number of nitrogen functional groups attached to an aromatic ring is 1. The molecule has 0 bridgehead atoms. The fourth-order valence-corrected chi connectivity index (χ4v) is 2.43. The molecule has 0 fully saturated rings. The highest BCUT2D eigenvalue weighted by atomic mass is 14.5. The second-order valence-electron chi connectivity index (χ2n) is 5.33. The minimum atomic E-state index is 0.740. The van der Waals surface area contributed by atoms with Crippen LogP contribution in [0.1, 0.15) is 48.9 Å². The van der Waals surface area contributed by atoms with Crippen LogP contribution in [0.25, 0.3) is 0 Å². The van der Waals surface area contributed by atoms with Crippen molar-refractivity contribution >= 4 is 5.69 Å². The third-order valence-corrected chi connectivity index (χ3v) is 3.52. The van der Waals surface area contributed by atoms with Crippen molar-refractivity contribution in [1.82, 2.24) is 0 Å².